The summed E-state index contributed by atoms with van der Waals surface area (Å²) in [7, 11) is 0. The van der Waals surface area contributed by atoms with E-state index in [1.807, 2.05) is 0 Å². The van der Waals surface area contributed by atoms with Crippen LogP contribution in [0.2, 0.25) is 0 Å². The number of carbonyl (C=O) groups excluding carboxylic acids is 1. The average molecular weight is 431 g/mol. The number of hydrogen-bond acceptors (Lipinski definition) is 4. The number of benzene rings is 2. The third-order valence-corrected chi connectivity index (χ3v) is 5.48. The molecular formula is C22H16F3NO3S. The molecular weight excluding hydrogens is 415 g/mol. The predicted octanol–water partition coefficient (Wildman–Crippen LogP) is 6.42. The summed E-state index contributed by atoms with van der Waals surface area (Å²) >= 11 is 0.681. The average Bonchev–Trinajstić information content (AvgIpc) is 3.29. The molecule has 0 atom stereocenters. The zero-order chi connectivity index (χ0) is 21.3. The molecule has 0 spiro atoms. The van der Waals surface area contributed by atoms with Gasteiger partial charge in [0.05, 0.1) is 0 Å². The molecule has 30 heavy (non-hydrogen) atoms. The van der Waals surface area contributed by atoms with Gasteiger partial charge in [-0.2, -0.15) is 13.2 Å². The van der Waals surface area contributed by atoms with Gasteiger partial charge in [-0.3, -0.25) is 4.79 Å². The standard InChI is InChI=1S/C22H16F3NO3S/c1-13(27)29-20-10-15-9-16(7-8-19(15)26-20)28-12-17-11-18(14-5-3-2-4-6-14)21(30-17)22(23,24)25/h2-11,26H,12H2,1H3. The molecule has 2 heterocycles. The highest BCUT2D eigenvalue weighted by Crippen LogP contribution is 2.43. The van der Waals surface area contributed by atoms with E-state index in [1.54, 1.807) is 54.6 Å². The minimum atomic E-state index is -4.44. The Bertz CT molecular complexity index is 1200. The Labute approximate surface area is 173 Å². The lowest BCUT2D eigenvalue weighted by Gasteiger charge is -2.07. The second kappa shape index (κ2) is 7.87. The number of esters is 1. The van der Waals surface area contributed by atoms with Crippen LogP contribution in [-0.2, 0) is 17.6 Å². The molecule has 2 aromatic carbocycles. The van der Waals surface area contributed by atoms with Gasteiger partial charge in [0, 0.05) is 34.3 Å². The fourth-order valence-electron chi connectivity index (χ4n) is 3.09. The summed E-state index contributed by atoms with van der Waals surface area (Å²) in [5, 5.41) is 0.760. The summed E-state index contributed by atoms with van der Waals surface area (Å²) in [5.41, 5.74) is 1.42. The van der Waals surface area contributed by atoms with E-state index in [0.717, 1.165) is 10.9 Å². The van der Waals surface area contributed by atoms with Crippen LogP contribution in [0.4, 0.5) is 13.2 Å². The number of hydrogen-bond donors (Lipinski definition) is 1. The molecule has 0 radical (unpaired) electrons. The van der Waals surface area contributed by atoms with E-state index in [4.69, 9.17) is 9.47 Å². The highest BCUT2D eigenvalue weighted by atomic mass is 32.1. The van der Waals surface area contributed by atoms with Gasteiger partial charge in [-0.05, 0) is 29.8 Å². The second-order valence-corrected chi connectivity index (χ2v) is 7.72. The maximum absolute atomic E-state index is 13.5. The Kier molecular flexibility index (Phi) is 5.26. The van der Waals surface area contributed by atoms with Crippen LogP contribution in [0.5, 0.6) is 11.6 Å². The molecule has 2 aromatic heterocycles. The van der Waals surface area contributed by atoms with Gasteiger partial charge in [0.2, 0.25) is 5.88 Å². The van der Waals surface area contributed by atoms with E-state index in [-0.39, 0.29) is 12.2 Å². The molecule has 0 fully saturated rings. The first-order valence-electron chi connectivity index (χ1n) is 8.99. The molecule has 4 aromatic rings. The van der Waals surface area contributed by atoms with Crippen molar-refractivity contribution < 1.29 is 27.4 Å². The highest BCUT2D eigenvalue weighted by molar-refractivity contribution is 7.12. The normalized spacial score (nSPS) is 11.6. The Morgan fingerprint density at radius 1 is 1.07 bits per heavy atom. The zero-order valence-electron chi connectivity index (χ0n) is 15.7. The first-order chi connectivity index (χ1) is 14.3. The van der Waals surface area contributed by atoms with Crippen LogP contribution in [0, 0.1) is 0 Å². The lowest BCUT2D eigenvalue weighted by atomic mass is 10.1. The largest absolute Gasteiger partial charge is 0.488 e. The zero-order valence-corrected chi connectivity index (χ0v) is 16.6. The van der Waals surface area contributed by atoms with Crippen LogP contribution in [0.25, 0.3) is 22.0 Å². The third-order valence-electron chi connectivity index (χ3n) is 4.33. The first kappa shape index (κ1) is 20.0. The van der Waals surface area contributed by atoms with Gasteiger partial charge in [0.25, 0.3) is 0 Å². The van der Waals surface area contributed by atoms with Gasteiger partial charge in [-0.25, -0.2) is 0 Å². The summed E-state index contributed by atoms with van der Waals surface area (Å²) in [6.07, 6.45) is -4.44. The third kappa shape index (κ3) is 4.33. The summed E-state index contributed by atoms with van der Waals surface area (Å²) in [5.74, 6) is 0.375. The summed E-state index contributed by atoms with van der Waals surface area (Å²) in [6.45, 7) is 1.31. The van der Waals surface area contributed by atoms with Crippen molar-refractivity contribution in [1.82, 2.24) is 4.98 Å². The monoisotopic (exact) mass is 431 g/mol. The van der Waals surface area contributed by atoms with E-state index >= 15 is 0 Å². The molecule has 1 N–H and O–H groups in total. The first-order valence-corrected chi connectivity index (χ1v) is 9.80. The van der Waals surface area contributed by atoms with E-state index in [0.29, 0.717) is 33.4 Å². The van der Waals surface area contributed by atoms with Crippen molar-refractivity contribution in [3.05, 3.63) is 70.4 Å². The van der Waals surface area contributed by atoms with Gasteiger partial charge in [0.15, 0.2) is 0 Å². The second-order valence-electron chi connectivity index (χ2n) is 6.58. The number of nitrogens with one attached hydrogen (secondary N) is 1. The molecule has 4 nitrogen and oxygen atoms in total. The topological polar surface area (TPSA) is 51.3 Å². The number of halogens is 3. The molecule has 0 saturated carbocycles. The number of carbonyl (C=O) groups is 1. The smallest absolute Gasteiger partial charge is 0.426 e. The molecule has 0 aliphatic heterocycles. The van der Waals surface area contributed by atoms with E-state index in [1.165, 1.54) is 13.0 Å². The SMILES string of the molecule is CC(=O)Oc1cc2cc(OCc3cc(-c4ccccc4)c(C(F)(F)F)s3)ccc2[nH]1. The van der Waals surface area contributed by atoms with Crippen LogP contribution < -0.4 is 9.47 Å². The number of thiophene rings is 1. The van der Waals surface area contributed by atoms with Crippen molar-refractivity contribution in [2.75, 3.05) is 0 Å². The number of rotatable bonds is 5. The minimum Gasteiger partial charge on any atom is -0.488 e. The van der Waals surface area contributed by atoms with Crippen molar-refractivity contribution in [3.8, 4) is 22.8 Å². The van der Waals surface area contributed by atoms with Gasteiger partial charge >= 0.3 is 12.1 Å². The number of aromatic amines is 1. The summed E-state index contributed by atoms with van der Waals surface area (Å²) < 4.78 is 51.3. The maximum atomic E-state index is 13.5. The Morgan fingerprint density at radius 3 is 2.53 bits per heavy atom. The van der Waals surface area contributed by atoms with Gasteiger partial charge in [-0.15, -0.1) is 11.3 Å². The van der Waals surface area contributed by atoms with Crippen LogP contribution >= 0.6 is 11.3 Å². The van der Waals surface area contributed by atoms with Crippen molar-refractivity contribution in [2.24, 2.45) is 0 Å². The fourth-order valence-corrected chi connectivity index (χ4v) is 4.05. The Hall–Kier alpha value is -3.26. The molecule has 0 saturated heterocycles. The molecule has 0 bridgehead atoms. The van der Waals surface area contributed by atoms with Crippen molar-refractivity contribution in [3.63, 3.8) is 0 Å². The number of H-pyrrole nitrogens is 1. The van der Waals surface area contributed by atoms with E-state index in [9.17, 15) is 18.0 Å². The molecule has 154 valence electrons. The molecule has 8 heteroatoms. The number of ether oxygens (including phenoxy) is 2. The number of fused-ring (bicyclic) bond motifs is 1. The van der Waals surface area contributed by atoms with Crippen LogP contribution in [0.3, 0.4) is 0 Å². The molecule has 4 rings (SSSR count). The van der Waals surface area contributed by atoms with E-state index in [2.05, 4.69) is 4.98 Å². The molecule has 0 unspecified atom stereocenters. The van der Waals surface area contributed by atoms with Gasteiger partial charge < -0.3 is 14.5 Å². The van der Waals surface area contributed by atoms with Gasteiger partial charge in [-0.1, -0.05) is 30.3 Å². The Morgan fingerprint density at radius 2 is 1.83 bits per heavy atom. The molecule has 0 aliphatic carbocycles. The predicted molar refractivity (Wildman–Crippen MR) is 109 cm³/mol. The summed E-state index contributed by atoms with van der Waals surface area (Å²) in [6, 6.07) is 16.9. The van der Waals surface area contributed by atoms with Crippen LogP contribution in [-0.4, -0.2) is 11.0 Å². The van der Waals surface area contributed by atoms with Gasteiger partial charge in [0.1, 0.15) is 17.2 Å². The highest BCUT2D eigenvalue weighted by Gasteiger charge is 2.36. The lowest BCUT2D eigenvalue weighted by Crippen LogP contribution is -2.03. The lowest BCUT2D eigenvalue weighted by molar-refractivity contribution is -0.134. The van der Waals surface area contributed by atoms with Crippen molar-refractivity contribution in [2.45, 2.75) is 19.7 Å². The van der Waals surface area contributed by atoms with Crippen molar-refractivity contribution >= 4 is 28.2 Å². The quantitative estimate of drug-likeness (QED) is 0.371. The summed E-state index contributed by atoms with van der Waals surface area (Å²) in [4.78, 5) is 13.9. The molecule has 0 amide bonds. The minimum absolute atomic E-state index is 0.00725. The van der Waals surface area contributed by atoms with Crippen molar-refractivity contribution in [1.29, 1.82) is 0 Å². The molecule has 0 aliphatic rings. The van der Waals surface area contributed by atoms with Crippen LogP contribution in [0.1, 0.15) is 16.7 Å². The Balaban J connectivity index is 1.56. The fraction of sp³-hybridized carbons (Fsp3) is 0.136. The number of alkyl halides is 3. The number of aromatic nitrogens is 1. The van der Waals surface area contributed by atoms with Crippen LogP contribution in [0.15, 0.2) is 60.7 Å². The van der Waals surface area contributed by atoms with E-state index < -0.39 is 17.0 Å². The maximum Gasteiger partial charge on any atom is 0.426 e.